The van der Waals surface area contributed by atoms with Crippen LogP contribution in [-0.4, -0.2) is 41.1 Å². The molecule has 3 atom stereocenters. The minimum absolute atomic E-state index is 0.0329. The number of nitrogens with zero attached hydrogens (tertiary/aromatic N) is 2. The average molecular weight is 265 g/mol. The van der Waals surface area contributed by atoms with Crippen molar-refractivity contribution >= 4 is 12.0 Å². The molecule has 2 aliphatic rings. The molecule has 2 rings (SSSR count). The zero-order chi connectivity index (χ0) is 14.2. The number of carbonyl (C=O) groups excluding carboxylic acids is 2. The highest BCUT2D eigenvalue weighted by atomic mass is 16.6. The van der Waals surface area contributed by atoms with Crippen LogP contribution >= 0.6 is 0 Å². The molecule has 0 bridgehead atoms. The summed E-state index contributed by atoms with van der Waals surface area (Å²) in [6.07, 6.45) is 1.44. The van der Waals surface area contributed by atoms with Crippen molar-refractivity contribution in [1.29, 1.82) is 5.26 Å². The molecular formula is C13H19N3O3. The fourth-order valence-corrected chi connectivity index (χ4v) is 2.65. The maximum absolute atomic E-state index is 12.1. The molecule has 1 saturated carbocycles. The average Bonchev–Trinajstić information content (AvgIpc) is 2.25. The predicted octanol–water partition coefficient (Wildman–Crippen LogP) is 1.02. The van der Waals surface area contributed by atoms with Crippen LogP contribution in [0, 0.1) is 17.2 Å². The highest BCUT2D eigenvalue weighted by molar-refractivity contribution is 5.88. The van der Waals surface area contributed by atoms with Crippen molar-refractivity contribution in [3.63, 3.8) is 0 Å². The summed E-state index contributed by atoms with van der Waals surface area (Å²) in [4.78, 5) is 25.5. The van der Waals surface area contributed by atoms with Gasteiger partial charge in [-0.2, -0.15) is 5.26 Å². The summed E-state index contributed by atoms with van der Waals surface area (Å²) in [7, 11) is 0. The first kappa shape index (κ1) is 13.7. The lowest BCUT2D eigenvalue weighted by Gasteiger charge is -2.59. The molecule has 0 aromatic rings. The largest absolute Gasteiger partial charge is 0.444 e. The standard InChI is InChI=1S/C13H19N3O3/c1-13(2,3)19-12(18)16-9-5-4-8(9)10(16)11(17)15-7-6-14/h8-10H,4-5,7H2,1-3H3,(H,15,17)/t8?,9?,10-/m0/s1. The Morgan fingerprint density at radius 2 is 2.11 bits per heavy atom. The van der Waals surface area contributed by atoms with Crippen LogP contribution in [0.2, 0.25) is 0 Å². The lowest BCUT2D eigenvalue weighted by Crippen LogP contribution is -2.74. The minimum Gasteiger partial charge on any atom is -0.444 e. The quantitative estimate of drug-likeness (QED) is 0.756. The molecule has 2 fully saturated rings. The van der Waals surface area contributed by atoms with E-state index >= 15 is 0 Å². The van der Waals surface area contributed by atoms with Gasteiger partial charge in [-0.3, -0.25) is 9.69 Å². The van der Waals surface area contributed by atoms with Crippen LogP contribution in [0.1, 0.15) is 33.6 Å². The van der Waals surface area contributed by atoms with E-state index < -0.39 is 17.7 Å². The first-order valence-corrected chi connectivity index (χ1v) is 6.51. The topological polar surface area (TPSA) is 82.4 Å². The molecule has 0 spiro atoms. The molecule has 2 unspecified atom stereocenters. The molecule has 0 aromatic carbocycles. The number of amides is 2. The zero-order valence-electron chi connectivity index (χ0n) is 11.5. The van der Waals surface area contributed by atoms with Gasteiger partial charge in [-0.05, 0) is 33.6 Å². The van der Waals surface area contributed by atoms with Crippen molar-refractivity contribution < 1.29 is 14.3 Å². The fraction of sp³-hybridized carbons (Fsp3) is 0.769. The van der Waals surface area contributed by atoms with E-state index in [2.05, 4.69) is 5.32 Å². The van der Waals surface area contributed by atoms with Crippen LogP contribution in [0.3, 0.4) is 0 Å². The summed E-state index contributed by atoms with van der Waals surface area (Å²) in [6, 6.07) is 1.52. The maximum atomic E-state index is 12.1. The van der Waals surface area contributed by atoms with Crippen LogP contribution in [0.4, 0.5) is 4.79 Å². The van der Waals surface area contributed by atoms with Crippen molar-refractivity contribution in [3.05, 3.63) is 0 Å². The zero-order valence-corrected chi connectivity index (χ0v) is 11.5. The van der Waals surface area contributed by atoms with E-state index in [1.165, 1.54) is 4.90 Å². The number of nitrogens with one attached hydrogen (secondary N) is 1. The predicted molar refractivity (Wildman–Crippen MR) is 67.0 cm³/mol. The van der Waals surface area contributed by atoms with Gasteiger partial charge in [0.2, 0.25) is 5.91 Å². The van der Waals surface area contributed by atoms with E-state index in [0.717, 1.165) is 12.8 Å². The molecule has 19 heavy (non-hydrogen) atoms. The van der Waals surface area contributed by atoms with E-state index in [4.69, 9.17) is 10.00 Å². The van der Waals surface area contributed by atoms with Gasteiger partial charge in [-0.15, -0.1) is 0 Å². The highest BCUT2D eigenvalue weighted by Crippen LogP contribution is 2.47. The molecule has 6 nitrogen and oxygen atoms in total. The van der Waals surface area contributed by atoms with E-state index in [9.17, 15) is 9.59 Å². The van der Waals surface area contributed by atoms with E-state index in [1.54, 1.807) is 20.8 Å². The van der Waals surface area contributed by atoms with Gasteiger partial charge in [-0.25, -0.2) is 4.79 Å². The summed E-state index contributed by atoms with van der Waals surface area (Å²) in [5.74, 6) is -0.0282. The summed E-state index contributed by atoms with van der Waals surface area (Å²) in [5, 5.41) is 11.0. The van der Waals surface area contributed by atoms with Crippen LogP contribution in [0.5, 0.6) is 0 Å². The van der Waals surface area contributed by atoms with Gasteiger partial charge in [0.05, 0.1) is 6.07 Å². The Kier molecular flexibility index (Phi) is 3.40. The third kappa shape index (κ3) is 2.50. The lowest BCUT2D eigenvalue weighted by atomic mass is 9.65. The highest BCUT2D eigenvalue weighted by Gasteiger charge is 2.59. The second-order valence-electron chi connectivity index (χ2n) is 6.02. The molecule has 6 heteroatoms. The van der Waals surface area contributed by atoms with Crippen molar-refractivity contribution in [2.24, 2.45) is 5.92 Å². The van der Waals surface area contributed by atoms with Gasteiger partial charge >= 0.3 is 6.09 Å². The fourth-order valence-electron chi connectivity index (χ4n) is 2.65. The number of rotatable bonds is 2. The summed E-state index contributed by atoms with van der Waals surface area (Å²) in [5.41, 5.74) is -0.570. The number of likely N-dealkylation sites (tertiary alicyclic amines) is 1. The van der Waals surface area contributed by atoms with Gasteiger partial charge < -0.3 is 10.1 Å². The second-order valence-corrected chi connectivity index (χ2v) is 6.02. The number of ether oxygens (including phenoxy) is 1. The molecule has 1 aliphatic carbocycles. The Balaban J connectivity index is 2.01. The van der Waals surface area contributed by atoms with Gasteiger partial charge in [0.15, 0.2) is 0 Å². The molecular weight excluding hydrogens is 246 g/mol. The van der Waals surface area contributed by atoms with E-state index in [0.29, 0.717) is 0 Å². The van der Waals surface area contributed by atoms with Crippen LogP contribution in [-0.2, 0) is 9.53 Å². The number of carbonyl (C=O) groups is 2. The van der Waals surface area contributed by atoms with Crippen molar-refractivity contribution in [2.75, 3.05) is 6.54 Å². The maximum Gasteiger partial charge on any atom is 0.411 e. The van der Waals surface area contributed by atoms with Gasteiger partial charge in [-0.1, -0.05) is 0 Å². The second kappa shape index (κ2) is 4.72. The minimum atomic E-state index is -0.570. The summed E-state index contributed by atoms with van der Waals surface area (Å²) >= 11 is 0. The number of fused-ring (bicyclic) bond motifs is 1. The smallest absolute Gasteiger partial charge is 0.411 e. The first-order chi connectivity index (χ1) is 8.85. The molecule has 0 radical (unpaired) electrons. The van der Waals surface area contributed by atoms with Crippen molar-refractivity contribution in [3.8, 4) is 6.07 Å². The molecule has 1 saturated heterocycles. The van der Waals surface area contributed by atoms with Gasteiger partial charge in [0, 0.05) is 12.0 Å². The molecule has 1 aliphatic heterocycles. The van der Waals surface area contributed by atoms with Gasteiger partial charge in [0.25, 0.3) is 0 Å². The van der Waals surface area contributed by atoms with Gasteiger partial charge in [0.1, 0.15) is 18.2 Å². The van der Waals surface area contributed by atoms with Crippen LogP contribution < -0.4 is 5.32 Å². The molecule has 1 heterocycles. The summed E-state index contributed by atoms with van der Waals surface area (Å²) < 4.78 is 5.32. The Bertz CT molecular complexity index is 435. The normalized spacial score (nSPS) is 28.3. The summed E-state index contributed by atoms with van der Waals surface area (Å²) in [6.45, 7) is 5.37. The number of hydrogen-bond donors (Lipinski definition) is 1. The van der Waals surface area contributed by atoms with Crippen LogP contribution in [0.25, 0.3) is 0 Å². The molecule has 0 aromatic heterocycles. The van der Waals surface area contributed by atoms with Crippen molar-refractivity contribution in [1.82, 2.24) is 10.2 Å². The Labute approximate surface area is 112 Å². The Morgan fingerprint density at radius 3 is 2.58 bits per heavy atom. The monoisotopic (exact) mass is 265 g/mol. The first-order valence-electron chi connectivity index (χ1n) is 6.51. The van der Waals surface area contributed by atoms with Crippen LogP contribution in [0.15, 0.2) is 0 Å². The third-order valence-corrected chi connectivity index (χ3v) is 3.57. The lowest BCUT2D eigenvalue weighted by molar-refractivity contribution is -0.155. The molecule has 104 valence electrons. The van der Waals surface area contributed by atoms with Crippen molar-refractivity contribution in [2.45, 2.75) is 51.3 Å². The number of nitriles is 1. The molecule has 2 amide bonds. The van der Waals surface area contributed by atoms with E-state index in [-0.39, 0.29) is 24.4 Å². The number of hydrogen-bond acceptors (Lipinski definition) is 4. The van der Waals surface area contributed by atoms with E-state index in [1.807, 2.05) is 6.07 Å². The third-order valence-electron chi connectivity index (χ3n) is 3.57. The Morgan fingerprint density at radius 1 is 1.42 bits per heavy atom. The molecule has 1 N–H and O–H groups in total. The number of piperidine rings is 1. The SMILES string of the molecule is CC(C)(C)OC(=O)N1C2CCC2[C@H]1C(=O)NCC#N. The Hall–Kier alpha value is -1.77.